The van der Waals surface area contributed by atoms with Crippen molar-refractivity contribution in [3.8, 4) is 23.7 Å². The molecule has 0 amide bonds. The van der Waals surface area contributed by atoms with E-state index in [1.807, 2.05) is 76.2 Å². The van der Waals surface area contributed by atoms with Crippen molar-refractivity contribution in [3.05, 3.63) is 137 Å². The molecule has 0 saturated heterocycles. The Morgan fingerprint density at radius 2 is 1.05 bits per heavy atom. The van der Waals surface area contributed by atoms with E-state index >= 15 is 0 Å². The molecule has 0 saturated carbocycles. The van der Waals surface area contributed by atoms with E-state index in [2.05, 4.69) is 94.7 Å². The molecule has 1 atom stereocenters. The van der Waals surface area contributed by atoms with Crippen LogP contribution in [0.3, 0.4) is 0 Å². The van der Waals surface area contributed by atoms with Gasteiger partial charge in [0.05, 0.1) is 15.7 Å². The molecule has 0 aliphatic carbocycles. The summed E-state index contributed by atoms with van der Waals surface area (Å²) in [7, 11) is -3.59. The molecule has 0 aliphatic rings. The number of benzene rings is 4. The van der Waals surface area contributed by atoms with Gasteiger partial charge in [0.25, 0.3) is 0 Å². The molecule has 2 nitrogen and oxygen atoms in total. The van der Waals surface area contributed by atoms with E-state index < -0.39 is 15.1 Å². The lowest BCUT2D eigenvalue weighted by Crippen LogP contribution is -2.19. The third-order valence-electron chi connectivity index (χ3n) is 7.21. The summed E-state index contributed by atoms with van der Waals surface area (Å²) in [5.41, 5.74) is 4.54. The van der Waals surface area contributed by atoms with E-state index in [0.29, 0.717) is 4.90 Å². The number of hydrogen-bond donors (Lipinski definition) is 0. The van der Waals surface area contributed by atoms with Gasteiger partial charge in [0.1, 0.15) is 5.25 Å². The zero-order chi connectivity index (χ0) is 32.8. The first-order valence-electron chi connectivity index (χ1n) is 15.5. The van der Waals surface area contributed by atoms with Crippen molar-refractivity contribution >= 4 is 9.84 Å². The molecule has 0 bridgehead atoms. The zero-order valence-electron chi connectivity index (χ0n) is 27.9. The Kier molecular flexibility index (Phi) is 13.7. The summed E-state index contributed by atoms with van der Waals surface area (Å²) in [6, 6.07) is 34.6. The van der Waals surface area contributed by atoms with Crippen LogP contribution in [0, 0.1) is 30.6 Å². The van der Waals surface area contributed by atoms with Gasteiger partial charge in [0.15, 0.2) is 9.84 Å². The van der Waals surface area contributed by atoms with Crippen LogP contribution >= 0.6 is 0 Å². The Morgan fingerprint density at radius 1 is 0.614 bits per heavy atom. The second kappa shape index (κ2) is 16.7. The second-order valence-corrected chi connectivity index (χ2v) is 13.3. The van der Waals surface area contributed by atoms with Crippen LogP contribution in [0.2, 0.25) is 0 Å². The normalized spacial score (nSPS) is 11.6. The minimum Gasteiger partial charge on any atom is -0.223 e. The topological polar surface area (TPSA) is 34.1 Å². The lowest BCUT2D eigenvalue weighted by molar-refractivity contribution is 0.583. The number of aryl methyl sites for hydroxylation is 1. The Labute approximate surface area is 267 Å². The summed E-state index contributed by atoms with van der Waals surface area (Å²) in [4.78, 5) is 0.309. The molecule has 230 valence electrons. The highest BCUT2D eigenvalue weighted by molar-refractivity contribution is 7.91. The third kappa shape index (κ3) is 9.74. The van der Waals surface area contributed by atoms with Crippen molar-refractivity contribution < 1.29 is 8.42 Å². The summed E-state index contributed by atoms with van der Waals surface area (Å²) >= 11 is 0. The molecule has 0 aromatic heterocycles. The highest BCUT2D eigenvalue weighted by Gasteiger charge is 2.28. The third-order valence-corrected chi connectivity index (χ3v) is 9.32. The Morgan fingerprint density at radius 3 is 1.52 bits per heavy atom. The minimum absolute atomic E-state index is 0.202. The van der Waals surface area contributed by atoms with Gasteiger partial charge in [0, 0.05) is 12.0 Å². The van der Waals surface area contributed by atoms with Crippen molar-refractivity contribution in [2.45, 2.75) is 89.7 Å². The fourth-order valence-electron chi connectivity index (χ4n) is 4.49. The van der Waals surface area contributed by atoms with Crippen LogP contribution in [0.15, 0.2) is 114 Å². The molecule has 0 heterocycles. The standard InChI is InChI=1S/C37H36O2S.2C2H6/c1-29-19-23-32(24-20-29)36(2,3)27-28-37(4,5)33-25-21-30(22-26-33)13-12-18-35(31-14-8-6-9-15-31)40(38,39)34-16-10-7-11-17-34;2*1-2/h6-11,14-17,19-26,35H,18H2,1-5H3;2*1-2H3. The van der Waals surface area contributed by atoms with Gasteiger partial charge in [0.2, 0.25) is 0 Å². The van der Waals surface area contributed by atoms with Gasteiger partial charge in [-0.3, -0.25) is 0 Å². The van der Waals surface area contributed by atoms with Crippen LogP contribution in [0.5, 0.6) is 0 Å². The maximum Gasteiger partial charge on any atom is 0.186 e. The summed E-state index contributed by atoms with van der Waals surface area (Å²) in [5, 5.41) is -0.742. The molecule has 44 heavy (non-hydrogen) atoms. The van der Waals surface area contributed by atoms with Gasteiger partial charge >= 0.3 is 0 Å². The average Bonchev–Trinajstić information content (AvgIpc) is 3.05. The van der Waals surface area contributed by atoms with Crippen molar-refractivity contribution in [2.24, 2.45) is 0 Å². The predicted molar refractivity (Wildman–Crippen MR) is 188 cm³/mol. The van der Waals surface area contributed by atoms with Crippen molar-refractivity contribution in [1.82, 2.24) is 0 Å². The van der Waals surface area contributed by atoms with E-state index in [-0.39, 0.29) is 17.3 Å². The largest absolute Gasteiger partial charge is 0.223 e. The van der Waals surface area contributed by atoms with Crippen molar-refractivity contribution in [3.63, 3.8) is 0 Å². The van der Waals surface area contributed by atoms with Crippen molar-refractivity contribution in [1.29, 1.82) is 0 Å². The average molecular weight is 605 g/mol. The molecule has 0 aliphatic heterocycles. The molecule has 0 fully saturated rings. The Balaban J connectivity index is 0.00000162. The van der Waals surface area contributed by atoms with Gasteiger partial charge in [-0.2, -0.15) is 0 Å². The first-order chi connectivity index (χ1) is 21.0. The highest BCUT2D eigenvalue weighted by atomic mass is 32.2. The maximum atomic E-state index is 13.5. The maximum absolute atomic E-state index is 13.5. The summed E-state index contributed by atoms with van der Waals surface area (Å²) < 4.78 is 27.0. The molecular formula is C41H48O2S. The summed E-state index contributed by atoms with van der Waals surface area (Å²) in [5.74, 6) is 13.3. The molecule has 4 aromatic carbocycles. The van der Waals surface area contributed by atoms with E-state index in [1.165, 1.54) is 11.1 Å². The molecule has 3 heteroatoms. The number of sulfone groups is 1. The van der Waals surface area contributed by atoms with Crippen LogP contribution in [0.25, 0.3) is 0 Å². The van der Waals surface area contributed by atoms with E-state index in [4.69, 9.17) is 0 Å². The lowest BCUT2D eigenvalue weighted by Gasteiger charge is -2.22. The number of rotatable bonds is 6. The molecular weight excluding hydrogens is 557 g/mol. The highest BCUT2D eigenvalue weighted by Crippen LogP contribution is 2.32. The zero-order valence-corrected chi connectivity index (χ0v) is 28.7. The van der Waals surface area contributed by atoms with E-state index in [1.54, 1.807) is 24.3 Å². The fraction of sp³-hybridized carbons (Fsp3) is 0.317. The molecule has 0 spiro atoms. The smallest absolute Gasteiger partial charge is 0.186 e. The van der Waals surface area contributed by atoms with Crippen LogP contribution < -0.4 is 0 Å². The Bertz CT molecular complexity index is 1660. The number of hydrogen-bond acceptors (Lipinski definition) is 2. The summed E-state index contributed by atoms with van der Waals surface area (Å²) in [6.07, 6.45) is 0.202. The van der Waals surface area contributed by atoms with Crippen molar-refractivity contribution in [2.75, 3.05) is 0 Å². The first kappa shape index (κ1) is 36.1. The van der Waals surface area contributed by atoms with Gasteiger partial charge in [-0.15, -0.1) is 0 Å². The SMILES string of the molecule is CC.CC.Cc1ccc(C(C)(C)C#CC(C)(C)c2ccc(C#CCC(c3ccccc3)S(=O)(=O)c3ccccc3)cc2)cc1. The summed E-state index contributed by atoms with van der Waals surface area (Å²) in [6.45, 7) is 18.7. The van der Waals surface area contributed by atoms with Gasteiger partial charge in [-0.05, 0) is 75.6 Å². The van der Waals surface area contributed by atoms with E-state index in [9.17, 15) is 8.42 Å². The van der Waals surface area contributed by atoms with Gasteiger partial charge in [-0.1, -0.05) is 142 Å². The van der Waals surface area contributed by atoms with Crippen LogP contribution in [-0.4, -0.2) is 8.42 Å². The lowest BCUT2D eigenvalue weighted by atomic mass is 9.80. The van der Waals surface area contributed by atoms with Gasteiger partial charge in [-0.25, -0.2) is 8.42 Å². The molecule has 0 N–H and O–H groups in total. The van der Waals surface area contributed by atoms with Crippen LogP contribution in [0.4, 0.5) is 0 Å². The fourth-order valence-corrected chi connectivity index (χ4v) is 6.18. The Hall–Kier alpha value is -4.05. The first-order valence-corrected chi connectivity index (χ1v) is 17.1. The monoisotopic (exact) mass is 604 g/mol. The predicted octanol–water partition coefficient (Wildman–Crippen LogP) is 10.3. The molecule has 1 unspecified atom stereocenters. The quantitative estimate of drug-likeness (QED) is 0.205. The second-order valence-electron chi connectivity index (χ2n) is 11.2. The van der Waals surface area contributed by atoms with E-state index in [0.717, 1.165) is 16.7 Å². The molecule has 0 radical (unpaired) electrons. The minimum atomic E-state index is -3.59. The molecule has 4 aromatic rings. The van der Waals surface area contributed by atoms with Crippen LogP contribution in [-0.2, 0) is 20.7 Å². The van der Waals surface area contributed by atoms with Crippen LogP contribution in [0.1, 0.15) is 94.9 Å². The van der Waals surface area contributed by atoms with Gasteiger partial charge < -0.3 is 0 Å². The molecule has 4 rings (SSSR count).